The number of halogens is 1. The van der Waals surface area contributed by atoms with Gasteiger partial charge in [-0.1, -0.05) is 41.5 Å². The number of carbonyl (C=O) groups excluding carboxylic acids is 2. The second kappa shape index (κ2) is 13.5. The van der Waals surface area contributed by atoms with Crippen molar-refractivity contribution in [2.75, 3.05) is 14.2 Å². The molecule has 0 spiro atoms. The molecule has 0 saturated heterocycles. The molecule has 2 aromatic carbocycles. The molecule has 0 fully saturated rings. The second-order valence-electron chi connectivity index (χ2n) is 7.84. The number of aromatic nitrogens is 4. The molecule has 2 heterocycles. The molecule has 184 valence electrons. The van der Waals surface area contributed by atoms with Gasteiger partial charge in [-0.3, -0.25) is 14.4 Å². The van der Waals surface area contributed by atoms with E-state index in [4.69, 9.17) is 4.84 Å². The fourth-order valence-electron chi connectivity index (χ4n) is 2.89. The fourth-order valence-corrected chi connectivity index (χ4v) is 3.45. The number of carbonyl (C=O) groups is 2. The van der Waals surface area contributed by atoms with E-state index >= 15 is 0 Å². The number of imidazole rings is 2. The topological polar surface area (TPSA) is 82.3 Å². The largest absolute Gasteiger partial charge is 0.340 e. The highest BCUT2D eigenvalue weighted by atomic mass is 127. The van der Waals surface area contributed by atoms with Crippen LogP contribution >= 0.6 is 22.6 Å². The molecule has 9 heteroatoms. The van der Waals surface area contributed by atoms with Crippen LogP contribution in [0.3, 0.4) is 0 Å². The number of nitrogens with zero attached hydrogens (tertiary/aromatic N) is 5. The number of benzene rings is 2. The summed E-state index contributed by atoms with van der Waals surface area (Å²) in [5, 5.41) is 1.20. The van der Waals surface area contributed by atoms with E-state index in [2.05, 4.69) is 32.6 Å². The molecule has 2 aromatic heterocycles. The number of aryl methyl sites for hydroxylation is 4. The Balaban J connectivity index is 0.000000197. The lowest BCUT2D eigenvalue weighted by Gasteiger charge is -2.13. The second-order valence-corrected chi connectivity index (χ2v) is 8.94. The lowest BCUT2D eigenvalue weighted by atomic mass is 10.1. The molecule has 0 aliphatic rings. The third-order valence-corrected chi connectivity index (χ3v) is 5.27. The molecule has 35 heavy (non-hydrogen) atoms. The molecular weight excluding hydrogens is 557 g/mol. The summed E-state index contributed by atoms with van der Waals surface area (Å²) in [4.78, 5) is 36.3. The predicted octanol–water partition coefficient (Wildman–Crippen LogP) is 4.61. The average molecular weight is 587 g/mol. The summed E-state index contributed by atoms with van der Waals surface area (Å²) in [6, 6.07) is 14.9. The van der Waals surface area contributed by atoms with Crippen LogP contribution in [0.15, 0.2) is 73.6 Å². The molecule has 4 aromatic rings. The SMILES string of the molecule is CON(C)C(=O)c1cccc(C)c1.Cc1cccc(C(=O)c2cn(C)cn2)c1.Cn1cnc(I)c1. The molecule has 0 aliphatic heterocycles. The van der Waals surface area contributed by atoms with Gasteiger partial charge >= 0.3 is 0 Å². The Morgan fingerprint density at radius 3 is 1.86 bits per heavy atom. The number of hydrogen-bond donors (Lipinski definition) is 0. The number of rotatable bonds is 4. The van der Waals surface area contributed by atoms with Gasteiger partial charge in [-0.05, 0) is 54.6 Å². The standard InChI is InChI=1S/C12H12N2O.C10H13NO2.C4H5IN2/c1-9-4-3-5-10(6-9)12(15)11-7-14(2)8-13-11;1-8-5-4-6-9(7-8)10(12)11(2)13-3;1-7-2-4(5)6-3-7/h3-8H,1-2H3;4-7H,1-3H3;2-3H,1H3. The highest BCUT2D eigenvalue weighted by molar-refractivity contribution is 14.1. The van der Waals surface area contributed by atoms with Gasteiger partial charge < -0.3 is 9.13 Å². The highest BCUT2D eigenvalue weighted by Gasteiger charge is 2.11. The van der Waals surface area contributed by atoms with Crippen LogP contribution in [0.25, 0.3) is 0 Å². The van der Waals surface area contributed by atoms with Gasteiger partial charge in [0, 0.05) is 44.7 Å². The van der Waals surface area contributed by atoms with Crippen molar-refractivity contribution in [1.82, 2.24) is 24.2 Å². The minimum absolute atomic E-state index is 0.0284. The highest BCUT2D eigenvalue weighted by Crippen LogP contribution is 2.09. The first-order valence-electron chi connectivity index (χ1n) is 10.7. The lowest BCUT2D eigenvalue weighted by Crippen LogP contribution is -2.25. The van der Waals surface area contributed by atoms with Crippen LogP contribution in [0, 0.1) is 17.5 Å². The van der Waals surface area contributed by atoms with Gasteiger partial charge in [0.05, 0.1) is 19.8 Å². The van der Waals surface area contributed by atoms with Crippen molar-refractivity contribution in [2.24, 2.45) is 14.1 Å². The van der Waals surface area contributed by atoms with E-state index in [1.54, 1.807) is 36.5 Å². The van der Waals surface area contributed by atoms with Gasteiger partial charge in [-0.15, -0.1) is 0 Å². The molecule has 0 bridgehead atoms. The third-order valence-electron chi connectivity index (χ3n) is 4.72. The summed E-state index contributed by atoms with van der Waals surface area (Å²) < 4.78 is 4.73. The molecule has 8 nitrogen and oxygen atoms in total. The van der Waals surface area contributed by atoms with E-state index in [0.29, 0.717) is 16.8 Å². The van der Waals surface area contributed by atoms with Crippen molar-refractivity contribution in [3.8, 4) is 0 Å². The maximum Gasteiger partial charge on any atom is 0.277 e. The van der Waals surface area contributed by atoms with Gasteiger partial charge in [0.25, 0.3) is 5.91 Å². The molecule has 0 radical (unpaired) electrons. The van der Waals surface area contributed by atoms with Crippen molar-refractivity contribution in [3.63, 3.8) is 0 Å². The Labute approximate surface area is 219 Å². The van der Waals surface area contributed by atoms with Crippen LogP contribution in [0.1, 0.15) is 37.5 Å². The van der Waals surface area contributed by atoms with E-state index in [0.717, 1.165) is 14.8 Å². The Bertz CT molecular complexity index is 1250. The number of amides is 1. The van der Waals surface area contributed by atoms with Crippen LogP contribution in [0.5, 0.6) is 0 Å². The summed E-state index contributed by atoms with van der Waals surface area (Å²) in [5.74, 6) is -0.162. The van der Waals surface area contributed by atoms with Gasteiger partial charge in [0.2, 0.25) is 5.78 Å². The van der Waals surface area contributed by atoms with Gasteiger partial charge in [-0.25, -0.2) is 15.0 Å². The number of ketones is 1. The maximum absolute atomic E-state index is 11.9. The van der Waals surface area contributed by atoms with Crippen molar-refractivity contribution in [3.05, 3.63) is 105 Å². The third kappa shape index (κ3) is 9.10. The molecule has 0 aliphatic carbocycles. The van der Waals surface area contributed by atoms with Crippen LogP contribution in [-0.4, -0.2) is 50.0 Å². The Hall–Kier alpha value is -3.31. The number of hydrogen-bond acceptors (Lipinski definition) is 5. The van der Waals surface area contributed by atoms with Gasteiger partial charge in [-0.2, -0.15) is 0 Å². The first-order valence-corrected chi connectivity index (χ1v) is 11.8. The van der Waals surface area contributed by atoms with E-state index < -0.39 is 0 Å². The minimum Gasteiger partial charge on any atom is -0.340 e. The normalized spacial score (nSPS) is 9.91. The smallest absolute Gasteiger partial charge is 0.277 e. The summed E-state index contributed by atoms with van der Waals surface area (Å²) in [7, 11) is 6.85. The lowest BCUT2D eigenvalue weighted by molar-refractivity contribution is -0.0757. The van der Waals surface area contributed by atoms with E-state index in [1.807, 2.05) is 81.2 Å². The van der Waals surface area contributed by atoms with Gasteiger partial charge in [0.1, 0.15) is 9.39 Å². The Kier molecular flexibility index (Phi) is 10.8. The number of hydroxylamine groups is 2. The van der Waals surface area contributed by atoms with Crippen molar-refractivity contribution >= 4 is 34.3 Å². The monoisotopic (exact) mass is 587 g/mol. The summed E-state index contributed by atoms with van der Waals surface area (Å²) >= 11 is 2.17. The van der Waals surface area contributed by atoms with Crippen molar-refractivity contribution in [2.45, 2.75) is 13.8 Å². The zero-order chi connectivity index (χ0) is 26.0. The molecule has 0 saturated carbocycles. The first-order chi connectivity index (χ1) is 16.6. The molecule has 4 rings (SSSR count). The molecule has 0 unspecified atom stereocenters. The van der Waals surface area contributed by atoms with Crippen molar-refractivity contribution in [1.29, 1.82) is 0 Å². The van der Waals surface area contributed by atoms with Crippen molar-refractivity contribution < 1.29 is 14.4 Å². The van der Waals surface area contributed by atoms with Gasteiger partial charge in [0.15, 0.2) is 0 Å². The summed E-state index contributed by atoms with van der Waals surface area (Å²) in [6.45, 7) is 3.92. The van der Waals surface area contributed by atoms with Crippen LogP contribution < -0.4 is 0 Å². The summed E-state index contributed by atoms with van der Waals surface area (Å²) in [5.41, 5.74) is 3.97. The van der Waals surface area contributed by atoms with E-state index in [1.165, 1.54) is 12.2 Å². The van der Waals surface area contributed by atoms with E-state index in [-0.39, 0.29) is 11.7 Å². The quantitative estimate of drug-likeness (QED) is 0.198. The average Bonchev–Trinajstić information content (AvgIpc) is 3.45. The molecular formula is C26H30IN5O3. The predicted molar refractivity (Wildman–Crippen MR) is 144 cm³/mol. The first kappa shape index (κ1) is 27.9. The van der Waals surface area contributed by atoms with Crippen LogP contribution in [0.4, 0.5) is 0 Å². The Morgan fingerprint density at radius 2 is 1.43 bits per heavy atom. The minimum atomic E-state index is -0.133. The molecule has 1 amide bonds. The summed E-state index contributed by atoms with van der Waals surface area (Å²) in [6.07, 6.45) is 7.09. The zero-order valence-corrected chi connectivity index (χ0v) is 22.9. The molecule has 0 atom stereocenters. The van der Waals surface area contributed by atoms with Crippen LogP contribution in [-0.2, 0) is 18.9 Å². The zero-order valence-electron chi connectivity index (χ0n) is 20.8. The molecule has 0 N–H and O–H groups in total. The fraction of sp³-hybridized carbons (Fsp3) is 0.231. The maximum atomic E-state index is 11.9. The van der Waals surface area contributed by atoms with Crippen LogP contribution in [0.2, 0.25) is 0 Å². The Morgan fingerprint density at radius 1 is 0.886 bits per heavy atom. The van der Waals surface area contributed by atoms with E-state index in [9.17, 15) is 9.59 Å².